The highest BCUT2D eigenvalue weighted by atomic mass is 35.5. The number of benzene rings is 2. The minimum atomic E-state index is -0.328. The van der Waals surface area contributed by atoms with Crippen molar-refractivity contribution < 1.29 is 14.3 Å². The number of rotatable bonds is 4. The van der Waals surface area contributed by atoms with Crippen LogP contribution in [0.25, 0.3) is 0 Å². The maximum Gasteiger partial charge on any atom is 0.251 e. The molecule has 0 aliphatic carbocycles. The number of carbonyl (C=O) groups is 2. The Hall–Kier alpha value is -2.79. The van der Waals surface area contributed by atoms with Crippen molar-refractivity contribution in [2.24, 2.45) is 0 Å². The summed E-state index contributed by atoms with van der Waals surface area (Å²) in [6.07, 6.45) is 1.83. The summed E-state index contributed by atoms with van der Waals surface area (Å²) < 4.78 is 5.61. The van der Waals surface area contributed by atoms with Crippen LogP contribution in [-0.4, -0.2) is 18.4 Å². The number of fused-ring (bicyclic) bond motifs is 1. The molecule has 1 aliphatic heterocycles. The third kappa shape index (κ3) is 3.83. The fraction of sp³-hybridized carbons (Fsp3) is 0.158. The van der Waals surface area contributed by atoms with Gasteiger partial charge in [-0.1, -0.05) is 36.4 Å². The van der Waals surface area contributed by atoms with E-state index in [9.17, 15) is 9.59 Å². The highest BCUT2D eigenvalue weighted by Gasteiger charge is 2.25. The summed E-state index contributed by atoms with van der Waals surface area (Å²) in [7, 11) is 0. The molecule has 0 saturated heterocycles. The molecular formula is C19H17ClN2O3. The van der Waals surface area contributed by atoms with E-state index >= 15 is 0 Å². The van der Waals surface area contributed by atoms with Crippen molar-refractivity contribution in [3.8, 4) is 5.75 Å². The van der Waals surface area contributed by atoms with Crippen LogP contribution in [0.15, 0.2) is 55.1 Å². The number of hydrogen-bond acceptors (Lipinski definition) is 3. The Kier molecular flexibility index (Phi) is 5.05. The van der Waals surface area contributed by atoms with E-state index in [1.54, 1.807) is 30.3 Å². The topological polar surface area (TPSA) is 67.4 Å². The number of anilines is 1. The third-order valence-electron chi connectivity index (χ3n) is 3.91. The maximum absolute atomic E-state index is 12.6. The van der Waals surface area contributed by atoms with Crippen molar-refractivity contribution in [1.29, 1.82) is 0 Å². The Morgan fingerprint density at radius 2 is 2.04 bits per heavy atom. The quantitative estimate of drug-likeness (QED) is 0.820. The zero-order chi connectivity index (χ0) is 17.8. The van der Waals surface area contributed by atoms with E-state index in [2.05, 4.69) is 17.2 Å². The molecular weight excluding hydrogens is 340 g/mol. The average Bonchev–Trinajstić information content (AvgIpc) is 2.62. The van der Waals surface area contributed by atoms with E-state index in [1.807, 2.05) is 12.1 Å². The van der Waals surface area contributed by atoms with Crippen LogP contribution in [0.4, 0.5) is 5.69 Å². The van der Waals surface area contributed by atoms with E-state index in [0.29, 0.717) is 35.1 Å². The molecule has 2 aromatic rings. The Labute approximate surface area is 150 Å². The third-order valence-corrected chi connectivity index (χ3v) is 4.21. The molecule has 128 valence electrons. The van der Waals surface area contributed by atoms with Gasteiger partial charge in [0.2, 0.25) is 5.91 Å². The van der Waals surface area contributed by atoms with Gasteiger partial charge in [0.15, 0.2) is 0 Å². The zero-order valence-corrected chi connectivity index (χ0v) is 14.2. The Morgan fingerprint density at radius 3 is 2.84 bits per heavy atom. The number of hydrogen-bond donors (Lipinski definition) is 2. The standard InChI is InChI=1S/C19H17ClN2O3/c1-2-17(23)21-13-6-3-5-12(11-13)19(24)22-16-9-10-25-18-14(16)7-4-8-15(18)20/h2-8,11,16H,1,9-10H2,(H,21,23)(H,22,24). The fourth-order valence-electron chi connectivity index (χ4n) is 2.71. The van der Waals surface area contributed by atoms with Gasteiger partial charge in [-0.15, -0.1) is 0 Å². The van der Waals surface area contributed by atoms with Crippen LogP contribution in [0.2, 0.25) is 5.02 Å². The average molecular weight is 357 g/mol. The first-order valence-electron chi connectivity index (χ1n) is 7.84. The summed E-state index contributed by atoms with van der Waals surface area (Å²) in [6, 6.07) is 12.0. The molecule has 1 atom stereocenters. The molecule has 2 amide bonds. The molecule has 2 N–H and O–H groups in total. The van der Waals surface area contributed by atoms with Crippen LogP contribution < -0.4 is 15.4 Å². The van der Waals surface area contributed by atoms with Gasteiger partial charge >= 0.3 is 0 Å². The van der Waals surface area contributed by atoms with Gasteiger partial charge < -0.3 is 15.4 Å². The predicted octanol–water partition coefficient (Wildman–Crippen LogP) is 3.72. The van der Waals surface area contributed by atoms with Crippen molar-refractivity contribution in [2.75, 3.05) is 11.9 Å². The summed E-state index contributed by atoms with van der Waals surface area (Å²) in [5, 5.41) is 6.17. The molecule has 1 aliphatic rings. The second-order valence-electron chi connectivity index (χ2n) is 5.60. The van der Waals surface area contributed by atoms with Gasteiger partial charge in [0.1, 0.15) is 5.75 Å². The second-order valence-corrected chi connectivity index (χ2v) is 6.00. The number of amides is 2. The lowest BCUT2D eigenvalue weighted by Gasteiger charge is -2.27. The lowest BCUT2D eigenvalue weighted by molar-refractivity contribution is -0.111. The SMILES string of the molecule is C=CC(=O)Nc1cccc(C(=O)NC2CCOc3c(Cl)cccc32)c1. The molecule has 25 heavy (non-hydrogen) atoms. The molecule has 1 heterocycles. The second kappa shape index (κ2) is 7.40. The van der Waals surface area contributed by atoms with Gasteiger partial charge in [0.05, 0.1) is 17.7 Å². The summed E-state index contributed by atoms with van der Waals surface area (Å²) in [4.78, 5) is 24.0. The first kappa shape index (κ1) is 17.0. The van der Waals surface area contributed by atoms with Crippen LogP contribution >= 0.6 is 11.6 Å². The molecule has 5 nitrogen and oxygen atoms in total. The van der Waals surface area contributed by atoms with Gasteiger partial charge in [0, 0.05) is 23.2 Å². The Balaban J connectivity index is 1.78. The van der Waals surface area contributed by atoms with Crippen molar-refractivity contribution in [3.05, 3.63) is 71.3 Å². The van der Waals surface area contributed by atoms with Gasteiger partial charge in [-0.05, 0) is 30.3 Å². The van der Waals surface area contributed by atoms with Crippen LogP contribution in [0.1, 0.15) is 28.4 Å². The van der Waals surface area contributed by atoms with E-state index < -0.39 is 0 Å². The number of nitrogens with one attached hydrogen (secondary N) is 2. The minimum Gasteiger partial charge on any atom is -0.492 e. The zero-order valence-electron chi connectivity index (χ0n) is 13.4. The molecule has 0 saturated carbocycles. The van der Waals surface area contributed by atoms with Crippen molar-refractivity contribution in [1.82, 2.24) is 5.32 Å². The molecule has 0 bridgehead atoms. The van der Waals surface area contributed by atoms with Gasteiger partial charge in [-0.3, -0.25) is 9.59 Å². The van der Waals surface area contributed by atoms with E-state index in [1.165, 1.54) is 6.08 Å². The van der Waals surface area contributed by atoms with Crippen LogP contribution in [0.5, 0.6) is 5.75 Å². The number of ether oxygens (including phenoxy) is 1. The molecule has 0 spiro atoms. The number of halogens is 1. The first-order chi connectivity index (χ1) is 12.1. The van der Waals surface area contributed by atoms with Crippen LogP contribution in [-0.2, 0) is 4.79 Å². The first-order valence-corrected chi connectivity index (χ1v) is 8.22. The molecule has 6 heteroatoms. The van der Waals surface area contributed by atoms with Gasteiger partial charge in [-0.25, -0.2) is 0 Å². The Bertz CT molecular complexity index is 835. The fourth-order valence-corrected chi connectivity index (χ4v) is 2.95. The lowest BCUT2D eigenvalue weighted by Crippen LogP contribution is -2.32. The smallest absolute Gasteiger partial charge is 0.251 e. The van der Waals surface area contributed by atoms with Gasteiger partial charge in [-0.2, -0.15) is 0 Å². The number of carbonyl (C=O) groups excluding carboxylic acids is 2. The van der Waals surface area contributed by atoms with E-state index in [4.69, 9.17) is 16.3 Å². The molecule has 3 rings (SSSR count). The van der Waals surface area contributed by atoms with Crippen LogP contribution in [0, 0.1) is 0 Å². The number of para-hydroxylation sites is 1. The largest absolute Gasteiger partial charge is 0.492 e. The normalized spacial score (nSPS) is 15.5. The highest BCUT2D eigenvalue weighted by Crippen LogP contribution is 2.37. The molecule has 0 aromatic heterocycles. The summed E-state index contributed by atoms with van der Waals surface area (Å²) in [5.74, 6) is 0.0609. The maximum atomic E-state index is 12.6. The monoisotopic (exact) mass is 356 g/mol. The van der Waals surface area contributed by atoms with Crippen molar-refractivity contribution >= 4 is 29.1 Å². The van der Waals surface area contributed by atoms with Crippen molar-refractivity contribution in [2.45, 2.75) is 12.5 Å². The van der Waals surface area contributed by atoms with E-state index in [0.717, 1.165) is 5.56 Å². The molecule has 0 fully saturated rings. The summed E-state index contributed by atoms with van der Waals surface area (Å²) in [6.45, 7) is 3.89. The molecule has 0 radical (unpaired) electrons. The Morgan fingerprint density at radius 1 is 1.24 bits per heavy atom. The minimum absolute atomic E-state index is 0.179. The summed E-state index contributed by atoms with van der Waals surface area (Å²) >= 11 is 6.16. The molecule has 1 unspecified atom stereocenters. The van der Waals surface area contributed by atoms with E-state index in [-0.39, 0.29) is 17.9 Å². The lowest BCUT2D eigenvalue weighted by atomic mass is 10.00. The molecule has 2 aromatic carbocycles. The van der Waals surface area contributed by atoms with Gasteiger partial charge in [0.25, 0.3) is 5.91 Å². The van der Waals surface area contributed by atoms with Crippen molar-refractivity contribution in [3.63, 3.8) is 0 Å². The van der Waals surface area contributed by atoms with Crippen LogP contribution in [0.3, 0.4) is 0 Å². The predicted molar refractivity (Wildman–Crippen MR) is 97.0 cm³/mol. The summed E-state index contributed by atoms with van der Waals surface area (Å²) in [5.41, 5.74) is 1.85. The highest BCUT2D eigenvalue weighted by molar-refractivity contribution is 6.32.